The average Bonchev–Trinajstić information content (AvgIpc) is 2.74. The number of aromatic nitrogens is 2. The number of nitrogens with one attached hydrogen (secondary N) is 1. The van der Waals surface area contributed by atoms with E-state index in [1.54, 1.807) is 0 Å². The van der Waals surface area contributed by atoms with Gasteiger partial charge >= 0.3 is 17.5 Å². The number of hydrogen-bond acceptors (Lipinski definition) is 8. The highest BCUT2D eigenvalue weighted by molar-refractivity contribution is 5.89. The Labute approximate surface area is 166 Å². The first kappa shape index (κ1) is 19.7. The Morgan fingerprint density at radius 1 is 1.14 bits per heavy atom. The summed E-state index contributed by atoms with van der Waals surface area (Å²) in [6.07, 6.45) is 1.93. The van der Waals surface area contributed by atoms with Gasteiger partial charge in [-0.3, -0.25) is 10.1 Å². The molecule has 3 aromatic rings. The molecule has 0 radical (unpaired) electrons. The van der Waals surface area contributed by atoms with Crippen LogP contribution < -0.4 is 10.1 Å². The van der Waals surface area contributed by atoms with Gasteiger partial charge in [0.15, 0.2) is 0 Å². The fraction of sp³-hybridized carbons (Fsp3) is 0.150. The van der Waals surface area contributed by atoms with Gasteiger partial charge in [0.25, 0.3) is 0 Å². The van der Waals surface area contributed by atoms with Crippen LogP contribution in [0.2, 0.25) is 0 Å². The van der Waals surface area contributed by atoms with Crippen molar-refractivity contribution in [3.05, 3.63) is 76.1 Å². The summed E-state index contributed by atoms with van der Waals surface area (Å²) in [6.45, 7) is 1.99. The van der Waals surface area contributed by atoms with Gasteiger partial charge in [-0.25, -0.2) is 9.78 Å². The maximum absolute atomic E-state index is 11.7. The van der Waals surface area contributed by atoms with Gasteiger partial charge in [0.1, 0.15) is 12.1 Å². The van der Waals surface area contributed by atoms with E-state index in [0.717, 1.165) is 12.0 Å². The third kappa shape index (κ3) is 4.46. The normalized spacial score (nSPS) is 10.3. The van der Waals surface area contributed by atoms with Gasteiger partial charge in [0.2, 0.25) is 5.82 Å². The van der Waals surface area contributed by atoms with Crippen molar-refractivity contribution in [2.24, 2.45) is 0 Å². The number of methoxy groups -OCH3 is 1. The number of anilines is 2. The lowest BCUT2D eigenvalue weighted by atomic mass is 10.1. The average molecular weight is 394 g/mol. The van der Waals surface area contributed by atoms with Crippen molar-refractivity contribution >= 4 is 23.2 Å². The highest BCUT2D eigenvalue weighted by Crippen LogP contribution is 2.36. The number of carbonyl (C=O) groups excluding carboxylic acids is 1. The van der Waals surface area contributed by atoms with Crippen molar-refractivity contribution in [1.82, 2.24) is 9.97 Å². The number of nitrogens with zero attached hydrogens (tertiary/aromatic N) is 3. The molecule has 2 aromatic carbocycles. The highest BCUT2D eigenvalue weighted by Gasteiger charge is 2.25. The van der Waals surface area contributed by atoms with Crippen LogP contribution in [-0.2, 0) is 11.2 Å². The summed E-state index contributed by atoms with van der Waals surface area (Å²) in [4.78, 5) is 30.5. The second kappa shape index (κ2) is 8.79. The van der Waals surface area contributed by atoms with Crippen LogP contribution in [0.4, 0.5) is 17.2 Å². The number of esters is 1. The fourth-order valence-corrected chi connectivity index (χ4v) is 2.66. The molecule has 0 aliphatic rings. The summed E-state index contributed by atoms with van der Waals surface area (Å²) in [5, 5.41) is 14.7. The van der Waals surface area contributed by atoms with Crippen LogP contribution in [0.1, 0.15) is 22.8 Å². The van der Waals surface area contributed by atoms with E-state index in [4.69, 9.17) is 4.74 Å². The molecule has 0 saturated carbocycles. The molecule has 1 N–H and O–H groups in total. The summed E-state index contributed by atoms with van der Waals surface area (Å²) in [7, 11) is 1.28. The minimum Gasteiger partial charge on any atom is -0.465 e. The van der Waals surface area contributed by atoms with Gasteiger partial charge < -0.3 is 14.8 Å². The van der Waals surface area contributed by atoms with Crippen LogP contribution >= 0.6 is 0 Å². The zero-order chi connectivity index (χ0) is 20.8. The zero-order valence-electron chi connectivity index (χ0n) is 15.8. The predicted octanol–water partition coefficient (Wildman–Crippen LogP) is 4.27. The summed E-state index contributed by atoms with van der Waals surface area (Å²) in [6, 6.07) is 13.4. The second-order valence-corrected chi connectivity index (χ2v) is 5.89. The van der Waals surface area contributed by atoms with Crippen molar-refractivity contribution in [3.8, 4) is 11.6 Å². The lowest BCUT2D eigenvalue weighted by molar-refractivity contribution is -0.385. The SMILES string of the molecule is CCc1ccccc1Nc1ncnc(Oc2ccc(C(=O)OC)cc2)c1[N+](=O)[O-]. The Bertz CT molecular complexity index is 1040. The molecule has 0 atom stereocenters. The van der Waals surface area contributed by atoms with Crippen LogP contribution in [0.3, 0.4) is 0 Å². The predicted molar refractivity (Wildman–Crippen MR) is 106 cm³/mol. The van der Waals surface area contributed by atoms with Crippen LogP contribution in [-0.4, -0.2) is 28.0 Å². The first-order valence-corrected chi connectivity index (χ1v) is 8.74. The van der Waals surface area contributed by atoms with Crippen LogP contribution in [0.5, 0.6) is 11.6 Å². The minimum absolute atomic E-state index is 0.0204. The molecular weight excluding hydrogens is 376 g/mol. The van der Waals surface area contributed by atoms with Crippen molar-refractivity contribution < 1.29 is 19.2 Å². The molecule has 0 bridgehead atoms. The molecule has 0 saturated heterocycles. The Hall–Kier alpha value is -4.01. The molecule has 1 heterocycles. The van der Waals surface area contributed by atoms with Gasteiger partial charge in [-0.05, 0) is 42.3 Å². The van der Waals surface area contributed by atoms with Crippen molar-refractivity contribution in [3.63, 3.8) is 0 Å². The number of benzene rings is 2. The summed E-state index contributed by atoms with van der Waals surface area (Å²) in [5.41, 5.74) is 1.64. The van der Waals surface area contributed by atoms with E-state index in [-0.39, 0.29) is 17.4 Å². The van der Waals surface area contributed by atoms with Crippen LogP contribution in [0, 0.1) is 10.1 Å². The van der Waals surface area contributed by atoms with Gasteiger partial charge in [-0.15, -0.1) is 0 Å². The summed E-state index contributed by atoms with van der Waals surface area (Å²) in [5.74, 6) is -0.413. The van der Waals surface area contributed by atoms with E-state index in [0.29, 0.717) is 11.3 Å². The molecule has 9 heteroatoms. The van der Waals surface area contributed by atoms with E-state index in [1.165, 1.54) is 37.7 Å². The second-order valence-electron chi connectivity index (χ2n) is 5.89. The van der Waals surface area contributed by atoms with E-state index in [2.05, 4.69) is 20.0 Å². The molecule has 0 fully saturated rings. The number of aryl methyl sites for hydroxylation is 1. The topological polar surface area (TPSA) is 116 Å². The molecule has 9 nitrogen and oxygen atoms in total. The quantitative estimate of drug-likeness (QED) is 0.359. The van der Waals surface area contributed by atoms with Crippen molar-refractivity contribution in [2.75, 3.05) is 12.4 Å². The molecule has 1 aromatic heterocycles. The standard InChI is InChI=1S/C20H18N4O5/c1-3-13-6-4-5-7-16(13)23-18-17(24(26)27)19(22-12-21-18)29-15-10-8-14(9-11-15)20(25)28-2/h4-12H,3H2,1-2H3,(H,21,22,23). The first-order chi connectivity index (χ1) is 14.0. The molecule has 148 valence electrons. The molecule has 3 rings (SSSR count). The maximum atomic E-state index is 11.7. The third-order valence-corrected chi connectivity index (χ3v) is 4.11. The number of carbonyl (C=O) groups is 1. The third-order valence-electron chi connectivity index (χ3n) is 4.11. The van der Waals surface area contributed by atoms with Gasteiger partial charge in [0.05, 0.1) is 17.6 Å². The van der Waals surface area contributed by atoms with E-state index < -0.39 is 16.6 Å². The molecular formula is C20H18N4O5. The van der Waals surface area contributed by atoms with Crippen LogP contribution in [0.25, 0.3) is 0 Å². The van der Waals surface area contributed by atoms with Crippen molar-refractivity contribution in [2.45, 2.75) is 13.3 Å². The highest BCUT2D eigenvalue weighted by atomic mass is 16.6. The van der Waals surface area contributed by atoms with E-state index >= 15 is 0 Å². The number of nitro groups is 1. The Morgan fingerprint density at radius 3 is 2.52 bits per heavy atom. The smallest absolute Gasteiger partial charge is 0.373 e. The van der Waals surface area contributed by atoms with Crippen LogP contribution in [0.15, 0.2) is 54.9 Å². The largest absolute Gasteiger partial charge is 0.465 e. The van der Waals surface area contributed by atoms with Crippen molar-refractivity contribution in [1.29, 1.82) is 0 Å². The Morgan fingerprint density at radius 2 is 1.86 bits per heavy atom. The summed E-state index contributed by atoms with van der Waals surface area (Å²) < 4.78 is 10.2. The number of ether oxygens (including phenoxy) is 2. The van der Waals surface area contributed by atoms with E-state index in [1.807, 2.05) is 31.2 Å². The molecule has 0 aliphatic heterocycles. The van der Waals surface area contributed by atoms with Gasteiger partial charge in [-0.2, -0.15) is 4.98 Å². The molecule has 0 aliphatic carbocycles. The molecule has 0 amide bonds. The number of para-hydroxylation sites is 1. The Balaban J connectivity index is 1.93. The lowest BCUT2D eigenvalue weighted by Gasteiger charge is -2.12. The van der Waals surface area contributed by atoms with Gasteiger partial charge in [0, 0.05) is 5.69 Å². The summed E-state index contributed by atoms with van der Waals surface area (Å²) >= 11 is 0. The fourth-order valence-electron chi connectivity index (χ4n) is 2.66. The Kier molecular flexibility index (Phi) is 5.98. The van der Waals surface area contributed by atoms with Gasteiger partial charge in [-0.1, -0.05) is 25.1 Å². The molecule has 29 heavy (non-hydrogen) atoms. The minimum atomic E-state index is -0.602. The lowest BCUT2D eigenvalue weighted by Crippen LogP contribution is -2.05. The number of rotatable bonds is 7. The zero-order valence-corrected chi connectivity index (χ0v) is 15.8. The first-order valence-electron chi connectivity index (χ1n) is 8.74. The molecule has 0 unspecified atom stereocenters. The monoisotopic (exact) mass is 394 g/mol. The van der Waals surface area contributed by atoms with E-state index in [9.17, 15) is 14.9 Å². The molecule has 0 spiro atoms. The number of hydrogen-bond donors (Lipinski definition) is 1. The maximum Gasteiger partial charge on any atom is 0.373 e.